The fourth-order valence-electron chi connectivity index (χ4n) is 4.03. The number of oxazole rings is 1. The zero-order chi connectivity index (χ0) is 22.0. The van der Waals surface area contributed by atoms with Crippen molar-refractivity contribution in [3.8, 4) is 11.3 Å². The van der Waals surface area contributed by atoms with Crippen LogP contribution >= 0.6 is 23.4 Å². The summed E-state index contributed by atoms with van der Waals surface area (Å²) >= 11 is 7.72. The van der Waals surface area contributed by atoms with Gasteiger partial charge < -0.3 is 14.6 Å². The summed E-state index contributed by atoms with van der Waals surface area (Å²) < 4.78 is 6.32. The van der Waals surface area contributed by atoms with Crippen LogP contribution in [0.25, 0.3) is 11.3 Å². The van der Waals surface area contributed by atoms with E-state index in [1.807, 2.05) is 24.3 Å². The first-order valence-electron chi connectivity index (χ1n) is 10.9. The van der Waals surface area contributed by atoms with E-state index in [1.54, 1.807) is 31.8 Å². The Morgan fingerprint density at radius 1 is 1.16 bits per heavy atom. The average molecular weight is 461 g/mol. The van der Waals surface area contributed by atoms with E-state index < -0.39 is 5.60 Å². The van der Waals surface area contributed by atoms with Gasteiger partial charge in [-0.25, -0.2) is 4.98 Å². The molecular weight excluding hydrogens is 432 g/mol. The predicted molar refractivity (Wildman–Crippen MR) is 124 cm³/mol. The molecule has 0 unspecified atom stereocenters. The van der Waals surface area contributed by atoms with Crippen molar-refractivity contribution in [1.82, 2.24) is 9.97 Å². The molecule has 1 saturated carbocycles. The van der Waals surface area contributed by atoms with Crippen molar-refractivity contribution in [1.29, 1.82) is 0 Å². The first-order chi connectivity index (χ1) is 14.8. The zero-order valence-corrected chi connectivity index (χ0v) is 19.5. The van der Waals surface area contributed by atoms with E-state index in [2.05, 4.69) is 4.98 Å². The minimum absolute atomic E-state index is 0.258. The van der Waals surface area contributed by atoms with Crippen LogP contribution in [-0.2, 0) is 5.60 Å². The molecule has 4 rings (SSSR count). The zero-order valence-electron chi connectivity index (χ0n) is 18.0. The maximum absolute atomic E-state index is 10.2. The van der Waals surface area contributed by atoms with Crippen LogP contribution in [0.1, 0.15) is 69.9 Å². The number of aromatic nitrogens is 2. The molecular formula is C24H29ClN2O3S. The molecule has 5 nitrogen and oxygen atoms in total. The smallest absolute Gasteiger partial charge is 0.199 e. The molecule has 0 atom stereocenters. The van der Waals surface area contributed by atoms with Gasteiger partial charge in [0.25, 0.3) is 0 Å². The van der Waals surface area contributed by atoms with Crippen LogP contribution < -0.4 is 0 Å². The molecule has 0 amide bonds. The quantitative estimate of drug-likeness (QED) is 0.540. The normalized spacial score (nSPS) is 22.2. The molecule has 2 N–H and O–H groups in total. The number of aliphatic hydroxyl groups excluding tert-OH is 1. The molecule has 0 aliphatic heterocycles. The number of aliphatic hydroxyl groups is 2. The third kappa shape index (κ3) is 5.43. The molecule has 0 radical (unpaired) electrons. The van der Waals surface area contributed by atoms with E-state index >= 15 is 0 Å². The van der Waals surface area contributed by atoms with Gasteiger partial charge in [-0.3, -0.25) is 4.98 Å². The van der Waals surface area contributed by atoms with Crippen molar-refractivity contribution in [2.45, 2.75) is 69.0 Å². The summed E-state index contributed by atoms with van der Waals surface area (Å²) in [5, 5.41) is 21.3. The molecule has 166 valence electrons. The molecule has 7 heteroatoms. The van der Waals surface area contributed by atoms with Gasteiger partial charge in [0, 0.05) is 29.3 Å². The van der Waals surface area contributed by atoms with Crippen LogP contribution in [0.15, 0.2) is 49.9 Å². The topological polar surface area (TPSA) is 79.4 Å². The Morgan fingerprint density at radius 2 is 1.94 bits per heavy atom. The van der Waals surface area contributed by atoms with Gasteiger partial charge in [0.2, 0.25) is 0 Å². The number of pyridine rings is 1. The summed E-state index contributed by atoms with van der Waals surface area (Å²) in [6, 6.07) is 3.79. The van der Waals surface area contributed by atoms with Crippen LogP contribution in [0.3, 0.4) is 0 Å². The Bertz CT molecular complexity index is 968. The van der Waals surface area contributed by atoms with E-state index in [0.717, 1.165) is 65.8 Å². The Balaban J connectivity index is 1.64. The Morgan fingerprint density at radius 3 is 2.52 bits per heavy atom. The molecule has 2 aromatic heterocycles. The molecule has 31 heavy (non-hydrogen) atoms. The maximum atomic E-state index is 10.2. The average Bonchev–Trinajstić information content (AvgIpc) is 3.18. The van der Waals surface area contributed by atoms with Gasteiger partial charge in [0.1, 0.15) is 11.3 Å². The third-order valence-electron chi connectivity index (χ3n) is 6.01. The van der Waals surface area contributed by atoms with Crippen molar-refractivity contribution in [2.75, 3.05) is 6.61 Å². The SMILES string of the molecule is CC(C)(O)c1ccc(-c2nc(C3CCC(CO)CC3)oc2SC2=CC=C(Cl)CC2)cn1. The highest BCUT2D eigenvalue weighted by Crippen LogP contribution is 2.43. The molecule has 2 aliphatic rings. The number of nitrogens with zero attached hydrogens (tertiary/aromatic N) is 2. The number of thioether (sulfide) groups is 1. The molecule has 0 spiro atoms. The molecule has 0 saturated heterocycles. The highest BCUT2D eigenvalue weighted by atomic mass is 35.5. The Hall–Kier alpha value is -1.60. The lowest BCUT2D eigenvalue weighted by atomic mass is 9.82. The summed E-state index contributed by atoms with van der Waals surface area (Å²) in [6.45, 7) is 3.71. The summed E-state index contributed by atoms with van der Waals surface area (Å²) in [4.78, 5) is 10.6. The van der Waals surface area contributed by atoms with Crippen LogP contribution in [0.2, 0.25) is 0 Å². The van der Waals surface area contributed by atoms with Crippen LogP contribution in [0, 0.1) is 5.92 Å². The van der Waals surface area contributed by atoms with E-state index in [1.165, 1.54) is 4.91 Å². The summed E-state index contributed by atoms with van der Waals surface area (Å²) in [5.74, 6) is 1.43. The standard InChI is InChI=1S/C24H29ClN2O3S/c1-24(2,29)20-12-7-17(13-26-20)21-23(31-19-10-8-18(25)9-11-19)30-22(27-21)16-5-3-15(14-28)4-6-16/h7-8,10,12-13,15-16,28-29H,3-6,9,11,14H2,1-2H3. The predicted octanol–water partition coefficient (Wildman–Crippen LogP) is 6.12. The fourth-order valence-corrected chi connectivity index (χ4v) is 5.16. The lowest BCUT2D eigenvalue weighted by molar-refractivity contribution is 0.0739. The molecule has 1 fully saturated rings. The van der Waals surface area contributed by atoms with Crippen LogP contribution in [0.5, 0.6) is 0 Å². The lowest BCUT2D eigenvalue weighted by Crippen LogP contribution is -2.17. The first kappa shape index (κ1) is 22.6. The van der Waals surface area contributed by atoms with Crippen molar-refractivity contribution in [3.05, 3.63) is 52.0 Å². The van der Waals surface area contributed by atoms with Crippen LogP contribution in [-0.4, -0.2) is 26.8 Å². The molecule has 2 heterocycles. The molecule has 0 aromatic carbocycles. The van der Waals surface area contributed by atoms with E-state index in [0.29, 0.717) is 11.6 Å². The lowest BCUT2D eigenvalue weighted by Gasteiger charge is -2.25. The van der Waals surface area contributed by atoms with Crippen molar-refractivity contribution in [3.63, 3.8) is 0 Å². The van der Waals surface area contributed by atoms with Gasteiger partial charge in [-0.1, -0.05) is 29.4 Å². The fraction of sp³-hybridized carbons (Fsp3) is 0.500. The summed E-state index contributed by atoms with van der Waals surface area (Å²) in [7, 11) is 0. The van der Waals surface area contributed by atoms with Crippen molar-refractivity contribution >= 4 is 23.4 Å². The third-order valence-corrected chi connectivity index (χ3v) is 7.39. The van der Waals surface area contributed by atoms with Gasteiger partial charge in [-0.15, -0.1) is 0 Å². The second-order valence-corrected chi connectivity index (χ2v) is 10.5. The summed E-state index contributed by atoms with van der Waals surface area (Å²) in [5.41, 5.74) is 1.29. The largest absolute Gasteiger partial charge is 0.433 e. The van der Waals surface area contributed by atoms with E-state index in [-0.39, 0.29) is 12.5 Å². The summed E-state index contributed by atoms with van der Waals surface area (Å²) in [6.07, 6.45) is 11.4. The van der Waals surface area contributed by atoms with Crippen molar-refractivity contribution in [2.24, 2.45) is 5.92 Å². The first-order valence-corrected chi connectivity index (χ1v) is 12.1. The number of halogens is 1. The minimum atomic E-state index is -0.991. The van der Waals surface area contributed by atoms with Gasteiger partial charge in [0.15, 0.2) is 11.0 Å². The Kier molecular flexibility index (Phi) is 6.92. The number of rotatable bonds is 6. The number of hydrogen-bond donors (Lipinski definition) is 2. The van der Waals surface area contributed by atoms with E-state index in [4.69, 9.17) is 21.0 Å². The number of allylic oxidation sites excluding steroid dienone is 4. The maximum Gasteiger partial charge on any atom is 0.199 e. The van der Waals surface area contributed by atoms with Gasteiger partial charge >= 0.3 is 0 Å². The molecule has 2 aliphatic carbocycles. The van der Waals surface area contributed by atoms with Gasteiger partial charge in [0.05, 0.1) is 5.69 Å². The minimum Gasteiger partial charge on any atom is -0.433 e. The second-order valence-electron chi connectivity index (χ2n) is 8.93. The van der Waals surface area contributed by atoms with E-state index in [9.17, 15) is 10.2 Å². The highest BCUT2D eigenvalue weighted by molar-refractivity contribution is 8.03. The number of hydrogen-bond acceptors (Lipinski definition) is 6. The van der Waals surface area contributed by atoms with Gasteiger partial charge in [-0.05, 0) is 81.4 Å². The van der Waals surface area contributed by atoms with Crippen LogP contribution in [0.4, 0.5) is 0 Å². The van der Waals surface area contributed by atoms with Gasteiger partial charge in [-0.2, -0.15) is 0 Å². The molecule has 0 bridgehead atoms. The van der Waals surface area contributed by atoms with Crippen molar-refractivity contribution < 1.29 is 14.6 Å². The highest BCUT2D eigenvalue weighted by Gasteiger charge is 2.28. The monoisotopic (exact) mass is 460 g/mol. The molecule has 2 aromatic rings. The Labute approximate surface area is 192 Å². The second kappa shape index (κ2) is 9.49.